The Morgan fingerprint density at radius 2 is 1.65 bits per heavy atom. The fraction of sp³-hybridized carbons (Fsp3) is 0.276. The summed E-state index contributed by atoms with van der Waals surface area (Å²) in [5.41, 5.74) is 3.23. The second kappa shape index (κ2) is 11.3. The van der Waals surface area contributed by atoms with Crippen molar-refractivity contribution in [2.45, 2.75) is 12.3 Å². The molecule has 0 amide bonds. The molecular weight excluding hydrogens is 476 g/mol. The minimum absolute atomic E-state index is 0.0130. The molecule has 0 fully saturated rings. The number of benzene rings is 3. The number of aliphatic hydroxyl groups is 1. The molecule has 0 spiro atoms. The van der Waals surface area contributed by atoms with E-state index in [4.69, 9.17) is 14.2 Å². The third-order valence-electron chi connectivity index (χ3n) is 6.81. The van der Waals surface area contributed by atoms with Crippen LogP contribution in [0.1, 0.15) is 28.2 Å². The molecule has 0 saturated carbocycles. The number of fused-ring (bicyclic) bond motifs is 1. The van der Waals surface area contributed by atoms with Crippen molar-refractivity contribution in [1.29, 1.82) is 0 Å². The first kappa shape index (κ1) is 25.9. The predicted molar refractivity (Wildman–Crippen MR) is 137 cm³/mol. The molecule has 194 valence electrons. The van der Waals surface area contributed by atoms with E-state index in [1.54, 1.807) is 42.5 Å². The van der Waals surface area contributed by atoms with Crippen molar-refractivity contribution in [2.24, 2.45) is 11.8 Å². The fourth-order valence-electron chi connectivity index (χ4n) is 4.92. The first-order valence-electron chi connectivity index (χ1n) is 11.9. The van der Waals surface area contributed by atoms with Crippen LogP contribution in [-0.4, -0.2) is 53.8 Å². The van der Waals surface area contributed by atoms with Crippen LogP contribution in [0.15, 0.2) is 60.7 Å². The maximum atomic E-state index is 12.6. The summed E-state index contributed by atoms with van der Waals surface area (Å²) in [4.78, 5) is 12.6. The molecule has 0 radical (unpaired) electrons. The largest absolute Gasteiger partial charge is 0.508 e. The molecule has 4 rings (SSSR count). The molecule has 1 aliphatic rings. The second-order valence-corrected chi connectivity index (χ2v) is 9.00. The highest BCUT2D eigenvalue weighted by Gasteiger charge is 2.39. The number of rotatable bonds is 8. The molecule has 0 bridgehead atoms. The molecular formula is C29H30O8. The van der Waals surface area contributed by atoms with Gasteiger partial charge in [0.25, 0.3) is 0 Å². The van der Waals surface area contributed by atoms with E-state index in [-0.39, 0.29) is 54.0 Å². The highest BCUT2D eigenvalue weighted by molar-refractivity contribution is 5.87. The number of hydrogen-bond donors (Lipinski definition) is 4. The predicted octanol–water partition coefficient (Wildman–Crippen LogP) is 3.99. The van der Waals surface area contributed by atoms with Crippen LogP contribution in [0.5, 0.6) is 28.7 Å². The van der Waals surface area contributed by atoms with E-state index >= 15 is 0 Å². The number of esters is 1. The maximum Gasteiger partial charge on any atom is 0.330 e. The topological polar surface area (TPSA) is 126 Å². The van der Waals surface area contributed by atoms with Crippen molar-refractivity contribution in [2.75, 3.05) is 27.4 Å². The van der Waals surface area contributed by atoms with Crippen LogP contribution in [0.2, 0.25) is 0 Å². The number of phenolic OH excluding ortho intramolecular Hbond substituents is 3. The number of aliphatic hydroxyl groups excluding tert-OH is 1. The molecule has 3 aromatic carbocycles. The summed E-state index contributed by atoms with van der Waals surface area (Å²) >= 11 is 0. The van der Waals surface area contributed by atoms with Gasteiger partial charge in [-0.15, -0.1) is 0 Å². The van der Waals surface area contributed by atoms with Crippen LogP contribution in [0.4, 0.5) is 0 Å². The van der Waals surface area contributed by atoms with Crippen LogP contribution >= 0.6 is 0 Å². The number of phenols is 3. The quantitative estimate of drug-likeness (QED) is 0.267. The van der Waals surface area contributed by atoms with Gasteiger partial charge in [-0.3, -0.25) is 0 Å². The summed E-state index contributed by atoms with van der Waals surface area (Å²) < 4.78 is 16.2. The average Bonchev–Trinajstić information content (AvgIpc) is 2.91. The second-order valence-electron chi connectivity index (χ2n) is 9.00. The SMILES string of the molecule is COc1cc([C@H]2c3cc(O)c(OC)cc3C[C@@H](CO)[C@@H]2COC(=O)C=Cc2ccc(O)cc2)ccc1O. The van der Waals surface area contributed by atoms with Gasteiger partial charge >= 0.3 is 5.97 Å². The Morgan fingerprint density at radius 1 is 0.946 bits per heavy atom. The molecule has 3 atom stereocenters. The van der Waals surface area contributed by atoms with E-state index in [2.05, 4.69) is 0 Å². The van der Waals surface area contributed by atoms with Crippen molar-refractivity contribution >= 4 is 12.0 Å². The first-order valence-corrected chi connectivity index (χ1v) is 11.9. The van der Waals surface area contributed by atoms with Gasteiger partial charge in [0.05, 0.1) is 20.8 Å². The Morgan fingerprint density at radius 3 is 2.32 bits per heavy atom. The fourth-order valence-corrected chi connectivity index (χ4v) is 4.92. The molecule has 8 heteroatoms. The standard InChI is InChI=1S/C29H30O8/c1-35-26-12-18(6-9-24(26)32)29-22-14-25(33)27(36-2)13-19(22)11-20(15-30)23(29)16-37-28(34)10-5-17-3-7-21(31)8-4-17/h3-10,12-14,20,23,29-33H,11,15-16H2,1-2H3/t20-,23-,29-/m0/s1. The van der Waals surface area contributed by atoms with Crippen LogP contribution in [0.3, 0.4) is 0 Å². The minimum Gasteiger partial charge on any atom is -0.508 e. The minimum atomic E-state index is -0.546. The number of methoxy groups -OCH3 is 2. The van der Waals surface area contributed by atoms with E-state index in [0.717, 1.165) is 22.3 Å². The Kier molecular flexibility index (Phi) is 7.89. The van der Waals surface area contributed by atoms with Gasteiger partial charge in [0.2, 0.25) is 0 Å². The lowest BCUT2D eigenvalue weighted by Gasteiger charge is -2.39. The number of ether oxygens (including phenoxy) is 3. The Labute approximate surface area is 215 Å². The Balaban J connectivity index is 1.67. The summed E-state index contributed by atoms with van der Waals surface area (Å²) in [6.45, 7) is -0.121. The summed E-state index contributed by atoms with van der Waals surface area (Å²) in [6.07, 6.45) is 3.40. The lowest BCUT2D eigenvalue weighted by molar-refractivity contribution is -0.140. The molecule has 0 aromatic heterocycles. The average molecular weight is 507 g/mol. The lowest BCUT2D eigenvalue weighted by atomic mass is 9.67. The van der Waals surface area contributed by atoms with Crippen molar-refractivity contribution in [1.82, 2.24) is 0 Å². The highest BCUT2D eigenvalue weighted by Crippen LogP contribution is 2.48. The Bertz CT molecular complexity index is 1280. The van der Waals surface area contributed by atoms with Gasteiger partial charge in [0, 0.05) is 24.5 Å². The van der Waals surface area contributed by atoms with Gasteiger partial charge in [-0.25, -0.2) is 4.79 Å². The molecule has 37 heavy (non-hydrogen) atoms. The van der Waals surface area contributed by atoms with Crippen LogP contribution in [-0.2, 0) is 16.0 Å². The zero-order valence-corrected chi connectivity index (χ0v) is 20.6. The lowest BCUT2D eigenvalue weighted by Crippen LogP contribution is -2.36. The zero-order valence-electron chi connectivity index (χ0n) is 20.6. The monoisotopic (exact) mass is 506 g/mol. The van der Waals surface area contributed by atoms with E-state index in [0.29, 0.717) is 12.2 Å². The maximum absolute atomic E-state index is 12.6. The van der Waals surface area contributed by atoms with Crippen LogP contribution < -0.4 is 9.47 Å². The summed E-state index contributed by atoms with van der Waals surface area (Å²) in [5.74, 6) is -0.778. The smallest absolute Gasteiger partial charge is 0.330 e. The first-order chi connectivity index (χ1) is 17.8. The number of carbonyl (C=O) groups excluding carboxylic acids is 1. The number of hydrogen-bond acceptors (Lipinski definition) is 8. The van der Waals surface area contributed by atoms with E-state index in [9.17, 15) is 25.2 Å². The molecule has 0 saturated heterocycles. The van der Waals surface area contributed by atoms with Crippen molar-refractivity contribution in [3.8, 4) is 28.7 Å². The highest BCUT2D eigenvalue weighted by atomic mass is 16.5. The number of carbonyl (C=O) groups is 1. The molecule has 0 unspecified atom stereocenters. The summed E-state index contributed by atoms with van der Waals surface area (Å²) in [6, 6.07) is 14.8. The van der Waals surface area contributed by atoms with Crippen molar-refractivity contribution in [3.05, 3.63) is 82.9 Å². The van der Waals surface area contributed by atoms with Gasteiger partial charge < -0.3 is 34.6 Å². The number of aromatic hydroxyl groups is 3. The summed E-state index contributed by atoms with van der Waals surface area (Å²) in [7, 11) is 2.94. The molecule has 4 N–H and O–H groups in total. The van der Waals surface area contributed by atoms with Gasteiger partial charge in [-0.05, 0) is 77.1 Å². The third-order valence-corrected chi connectivity index (χ3v) is 6.81. The van der Waals surface area contributed by atoms with Crippen LogP contribution in [0, 0.1) is 11.8 Å². The van der Waals surface area contributed by atoms with E-state index < -0.39 is 5.97 Å². The third kappa shape index (κ3) is 5.65. The Hall–Kier alpha value is -4.17. The molecule has 8 nitrogen and oxygen atoms in total. The molecule has 0 heterocycles. The summed E-state index contributed by atoms with van der Waals surface area (Å²) in [5, 5.41) is 40.4. The van der Waals surface area contributed by atoms with Crippen molar-refractivity contribution < 1.29 is 39.4 Å². The van der Waals surface area contributed by atoms with Gasteiger partial charge in [-0.2, -0.15) is 0 Å². The zero-order chi connectivity index (χ0) is 26.5. The van der Waals surface area contributed by atoms with Gasteiger partial charge in [0.15, 0.2) is 23.0 Å². The normalized spacial score (nSPS) is 18.8. The van der Waals surface area contributed by atoms with E-state index in [1.165, 1.54) is 38.5 Å². The molecule has 0 aliphatic heterocycles. The van der Waals surface area contributed by atoms with E-state index in [1.807, 2.05) is 0 Å². The van der Waals surface area contributed by atoms with Crippen LogP contribution in [0.25, 0.3) is 6.08 Å². The van der Waals surface area contributed by atoms with Gasteiger partial charge in [0.1, 0.15) is 5.75 Å². The van der Waals surface area contributed by atoms with Gasteiger partial charge in [-0.1, -0.05) is 18.2 Å². The molecule has 3 aromatic rings. The molecule has 1 aliphatic carbocycles. The van der Waals surface area contributed by atoms with Crippen molar-refractivity contribution in [3.63, 3.8) is 0 Å².